The second kappa shape index (κ2) is 2.48. The monoisotopic (exact) mass is 158 g/mol. The molecule has 0 saturated heterocycles. The largest absolute Gasteiger partial charge is 0.397 e. The molecule has 1 heterocycles. The van der Waals surface area contributed by atoms with E-state index in [-0.39, 0.29) is 0 Å². The number of pyridine rings is 1. The van der Waals surface area contributed by atoms with Crippen LogP contribution in [0.25, 0.3) is 10.9 Å². The number of hydrogen-bond acceptors (Lipinski definition) is 2. The average Bonchev–Trinajstić information content (AvgIpc) is 2.12. The molecule has 2 heteroatoms. The number of nitrogens with zero attached hydrogens (tertiary/aromatic N) is 1. The summed E-state index contributed by atoms with van der Waals surface area (Å²) in [6, 6.07) is 7.87. The van der Waals surface area contributed by atoms with Crippen LogP contribution in [-0.2, 0) is 0 Å². The van der Waals surface area contributed by atoms with Crippen LogP contribution in [0.5, 0.6) is 0 Å². The van der Waals surface area contributed by atoms with Gasteiger partial charge in [-0.3, -0.25) is 4.98 Å². The lowest BCUT2D eigenvalue weighted by atomic mass is 10.1. The predicted octanol–water partition coefficient (Wildman–Crippen LogP) is 2.13. The highest BCUT2D eigenvalue weighted by Gasteiger charge is 1.99. The normalized spacial score (nSPS) is 10.4. The molecule has 0 radical (unpaired) electrons. The quantitative estimate of drug-likeness (QED) is 0.596. The summed E-state index contributed by atoms with van der Waals surface area (Å²) in [7, 11) is 0. The molecule has 0 fully saturated rings. The van der Waals surface area contributed by atoms with Gasteiger partial charge >= 0.3 is 0 Å². The zero-order valence-electron chi connectivity index (χ0n) is 6.91. The van der Waals surface area contributed by atoms with Crippen molar-refractivity contribution in [1.82, 2.24) is 4.98 Å². The van der Waals surface area contributed by atoms with Gasteiger partial charge in [0.1, 0.15) is 0 Å². The SMILES string of the molecule is Cc1ccc(N)c2ncccc12. The highest BCUT2D eigenvalue weighted by molar-refractivity contribution is 5.91. The molecular weight excluding hydrogens is 148 g/mol. The molecule has 0 aliphatic rings. The van der Waals surface area contributed by atoms with Gasteiger partial charge in [0.05, 0.1) is 11.2 Å². The Morgan fingerprint density at radius 3 is 2.83 bits per heavy atom. The predicted molar refractivity (Wildman–Crippen MR) is 50.9 cm³/mol. The number of nitrogens with two attached hydrogens (primary N) is 1. The number of hydrogen-bond donors (Lipinski definition) is 1. The molecule has 0 aliphatic heterocycles. The molecule has 1 aromatic carbocycles. The third-order valence-electron chi connectivity index (χ3n) is 2.02. The summed E-state index contributed by atoms with van der Waals surface area (Å²) in [5.41, 5.74) is 8.62. The van der Waals surface area contributed by atoms with Gasteiger partial charge in [0, 0.05) is 11.6 Å². The number of benzene rings is 1. The van der Waals surface area contributed by atoms with Crippen LogP contribution in [0.1, 0.15) is 5.56 Å². The second-order valence-electron chi connectivity index (χ2n) is 2.87. The maximum atomic E-state index is 5.76. The van der Waals surface area contributed by atoms with Crippen molar-refractivity contribution < 1.29 is 0 Å². The van der Waals surface area contributed by atoms with E-state index in [1.165, 1.54) is 5.56 Å². The highest BCUT2D eigenvalue weighted by atomic mass is 14.7. The lowest BCUT2D eigenvalue weighted by Crippen LogP contribution is -1.90. The molecule has 0 atom stereocenters. The first kappa shape index (κ1) is 7.10. The van der Waals surface area contributed by atoms with Crippen LogP contribution < -0.4 is 5.73 Å². The minimum absolute atomic E-state index is 0.746. The lowest BCUT2D eigenvalue weighted by molar-refractivity contribution is 1.39. The Morgan fingerprint density at radius 1 is 1.25 bits per heavy atom. The molecule has 0 saturated carbocycles. The second-order valence-corrected chi connectivity index (χ2v) is 2.87. The smallest absolute Gasteiger partial charge is 0.0933 e. The van der Waals surface area contributed by atoms with Crippen molar-refractivity contribution in [2.75, 3.05) is 5.73 Å². The van der Waals surface area contributed by atoms with Gasteiger partial charge in [-0.1, -0.05) is 12.1 Å². The highest BCUT2D eigenvalue weighted by Crippen LogP contribution is 2.21. The van der Waals surface area contributed by atoms with Crippen molar-refractivity contribution in [3.05, 3.63) is 36.0 Å². The summed E-state index contributed by atoms with van der Waals surface area (Å²) in [5, 5.41) is 1.14. The van der Waals surface area contributed by atoms with Crippen LogP contribution in [0.2, 0.25) is 0 Å². The number of rotatable bonds is 0. The van der Waals surface area contributed by atoms with Crippen LogP contribution in [0.3, 0.4) is 0 Å². The van der Waals surface area contributed by atoms with Crippen molar-refractivity contribution in [1.29, 1.82) is 0 Å². The van der Waals surface area contributed by atoms with E-state index < -0.39 is 0 Å². The number of anilines is 1. The Labute approximate surface area is 71.0 Å². The molecule has 60 valence electrons. The summed E-state index contributed by atoms with van der Waals surface area (Å²) in [4.78, 5) is 4.22. The molecule has 2 aromatic rings. The van der Waals surface area contributed by atoms with E-state index in [1.54, 1.807) is 6.20 Å². The van der Waals surface area contributed by atoms with Gasteiger partial charge in [-0.15, -0.1) is 0 Å². The maximum Gasteiger partial charge on any atom is 0.0933 e. The van der Waals surface area contributed by atoms with Crippen LogP contribution in [0.4, 0.5) is 5.69 Å². The van der Waals surface area contributed by atoms with E-state index in [0.29, 0.717) is 0 Å². The van der Waals surface area contributed by atoms with Crippen molar-refractivity contribution >= 4 is 16.6 Å². The molecule has 0 bridgehead atoms. The summed E-state index contributed by atoms with van der Waals surface area (Å²) in [6.45, 7) is 2.06. The number of aromatic nitrogens is 1. The molecule has 1 aromatic heterocycles. The fourth-order valence-corrected chi connectivity index (χ4v) is 1.34. The lowest BCUT2D eigenvalue weighted by Gasteiger charge is -2.02. The number of nitrogen functional groups attached to an aromatic ring is 1. The third kappa shape index (κ3) is 0.925. The Hall–Kier alpha value is -1.57. The Morgan fingerprint density at radius 2 is 2.08 bits per heavy atom. The molecular formula is C10H10N2. The zero-order valence-corrected chi connectivity index (χ0v) is 6.91. The summed E-state index contributed by atoms with van der Waals surface area (Å²) >= 11 is 0. The van der Waals surface area contributed by atoms with Crippen LogP contribution in [0.15, 0.2) is 30.5 Å². The van der Waals surface area contributed by atoms with Gasteiger partial charge in [0.25, 0.3) is 0 Å². The minimum Gasteiger partial charge on any atom is -0.397 e. The Bertz CT molecular complexity index is 381. The van der Waals surface area contributed by atoms with Crippen LogP contribution in [-0.4, -0.2) is 4.98 Å². The first-order valence-electron chi connectivity index (χ1n) is 3.89. The topological polar surface area (TPSA) is 38.9 Å². The van der Waals surface area contributed by atoms with Gasteiger partial charge < -0.3 is 5.73 Å². The number of aryl methyl sites for hydroxylation is 1. The van der Waals surface area contributed by atoms with Gasteiger partial charge in [0.15, 0.2) is 0 Å². The first-order chi connectivity index (χ1) is 5.79. The van der Waals surface area contributed by atoms with Crippen molar-refractivity contribution in [3.63, 3.8) is 0 Å². The van der Waals surface area contributed by atoms with E-state index in [2.05, 4.69) is 11.9 Å². The molecule has 2 rings (SSSR count). The molecule has 12 heavy (non-hydrogen) atoms. The molecule has 0 spiro atoms. The maximum absolute atomic E-state index is 5.76. The van der Waals surface area contributed by atoms with E-state index in [0.717, 1.165) is 16.6 Å². The fourth-order valence-electron chi connectivity index (χ4n) is 1.34. The van der Waals surface area contributed by atoms with E-state index in [9.17, 15) is 0 Å². The van der Waals surface area contributed by atoms with Crippen molar-refractivity contribution in [3.8, 4) is 0 Å². The summed E-state index contributed by atoms with van der Waals surface area (Å²) < 4.78 is 0. The van der Waals surface area contributed by atoms with Gasteiger partial charge in [-0.2, -0.15) is 0 Å². The molecule has 2 nitrogen and oxygen atoms in total. The van der Waals surface area contributed by atoms with Crippen molar-refractivity contribution in [2.45, 2.75) is 6.92 Å². The van der Waals surface area contributed by atoms with Gasteiger partial charge in [0.2, 0.25) is 0 Å². The minimum atomic E-state index is 0.746. The van der Waals surface area contributed by atoms with E-state index in [4.69, 9.17) is 5.73 Å². The van der Waals surface area contributed by atoms with E-state index >= 15 is 0 Å². The van der Waals surface area contributed by atoms with Crippen molar-refractivity contribution in [2.24, 2.45) is 0 Å². The standard InChI is InChI=1S/C10H10N2/c1-7-4-5-9(11)10-8(7)3-2-6-12-10/h2-6H,11H2,1H3. The zero-order chi connectivity index (χ0) is 8.55. The molecule has 0 aliphatic carbocycles. The van der Waals surface area contributed by atoms with Crippen LogP contribution in [0, 0.1) is 6.92 Å². The number of fused-ring (bicyclic) bond motifs is 1. The summed E-state index contributed by atoms with van der Waals surface area (Å²) in [6.07, 6.45) is 1.76. The molecule has 0 amide bonds. The first-order valence-corrected chi connectivity index (χ1v) is 3.89. The van der Waals surface area contributed by atoms with Crippen LogP contribution >= 0.6 is 0 Å². The summed E-state index contributed by atoms with van der Waals surface area (Å²) in [5.74, 6) is 0. The fraction of sp³-hybridized carbons (Fsp3) is 0.100. The van der Waals surface area contributed by atoms with Gasteiger partial charge in [-0.25, -0.2) is 0 Å². The third-order valence-corrected chi connectivity index (χ3v) is 2.02. The average molecular weight is 158 g/mol. The molecule has 2 N–H and O–H groups in total. The Balaban J connectivity index is 2.95. The van der Waals surface area contributed by atoms with Gasteiger partial charge in [-0.05, 0) is 24.6 Å². The Kier molecular flexibility index (Phi) is 1.47. The van der Waals surface area contributed by atoms with E-state index in [1.807, 2.05) is 24.3 Å². The molecule has 0 unspecified atom stereocenters.